The van der Waals surface area contributed by atoms with Gasteiger partial charge in [0.2, 0.25) is 3.57 Å². The van der Waals surface area contributed by atoms with Gasteiger partial charge in [-0.05, 0) is 36.6 Å². The van der Waals surface area contributed by atoms with Crippen LogP contribution in [0, 0.1) is 7.14 Å². The van der Waals surface area contributed by atoms with Gasteiger partial charge in [-0.15, -0.1) is 0 Å². The summed E-state index contributed by atoms with van der Waals surface area (Å²) in [5.41, 5.74) is 2.15. The molecule has 0 saturated heterocycles. The van der Waals surface area contributed by atoms with Crippen molar-refractivity contribution < 1.29 is 30.7 Å². The molecule has 3 heteroatoms. The van der Waals surface area contributed by atoms with Gasteiger partial charge in [-0.1, -0.05) is 24.3 Å². The van der Waals surface area contributed by atoms with E-state index in [1.165, 1.54) is 9.13 Å². The van der Waals surface area contributed by atoms with E-state index in [4.69, 9.17) is 4.74 Å². The Hall–Kier alpha value is -1.36. The van der Waals surface area contributed by atoms with E-state index in [2.05, 4.69) is 30.3 Å². The van der Waals surface area contributed by atoms with E-state index in [0.717, 1.165) is 27.7 Å². The molecule has 0 fully saturated rings. The average Bonchev–Trinajstić information content (AvgIpc) is 2.49. The van der Waals surface area contributed by atoms with E-state index in [-0.39, 0.29) is 27.0 Å². The van der Waals surface area contributed by atoms with Gasteiger partial charge in [-0.3, -0.25) is 4.79 Å². The summed E-state index contributed by atoms with van der Waals surface area (Å²) < 4.78 is 7.98. The number of fused-ring (bicyclic) bond motifs is 1. The molecular formula is C17H16IO2+. The zero-order valence-electron chi connectivity index (χ0n) is 11.4. The highest BCUT2D eigenvalue weighted by Crippen LogP contribution is 2.25. The summed E-state index contributed by atoms with van der Waals surface area (Å²) >= 11 is -0.389. The number of aryl methyl sites for hydroxylation is 1. The lowest BCUT2D eigenvalue weighted by Gasteiger charge is -2.15. The zero-order valence-corrected chi connectivity index (χ0v) is 13.5. The maximum absolute atomic E-state index is 12.3. The lowest BCUT2D eigenvalue weighted by atomic mass is 9.90. The number of ether oxygens (including phenoxy) is 1. The molecule has 0 spiro atoms. The van der Waals surface area contributed by atoms with Gasteiger partial charge < -0.3 is 4.74 Å². The van der Waals surface area contributed by atoms with Crippen molar-refractivity contribution in [3.63, 3.8) is 0 Å². The molecule has 0 radical (unpaired) electrons. The smallest absolute Gasteiger partial charge is 0.362 e. The molecule has 102 valence electrons. The van der Waals surface area contributed by atoms with Crippen molar-refractivity contribution in [3.05, 3.63) is 60.7 Å². The van der Waals surface area contributed by atoms with E-state index in [9.17, 15) is 4.79 Å². The molecular weight excluding hydrogens is 363 g/mol. The van der Waals surface area contributed by atoms with Crippen LogP contribution in [0.4, 0.5) is 0 Å². The Morgan fingerprint density at radius 1 is 1.05 bits per heavy atom. The largest absolute Gasteiger partial charge is 0.492 e. The first-order valence-electron chi connectivity index (χ1n) is 6.72. The van der Waals surface area contributed by atoms with Crippen molar-refractivity contribution in [3.8, 4) is 5.75 Å². The van der Waals surface area contributed by atoms with E-state index >= 15 is 0 Å². The minimum absolute atomic E-state index is 0.288. The SMILES string of the molecule is COc1ccc2c(c1[I+]c1ccccc1)C(=O)CCC2. The molecule has 0 atom stereocenters. The molecule has 2 nitrogen and oxygen atoms in total. The number of hydrogen-bond acceptors (Lipinski definition) is 2. The zero-order chi connectivity index (χ0) is 13.9. The van der Waals surface area contributed by atoms with Crippen molar-refractivity contribution >= 4 is 5.78 Å². The van der Waals surface area contributed by atoms with Crippen molar-refractivity contribution in [2.75, 3.05) is 7.11 Å². The maximum atomic E-state index is 12.3. The lowest BCUT2D eigenvalue weighted by Crippen LogP contribution is -3.61. The third-order valence-electron chi connectivity index (χ3n) is 3.48. The molecule has 20 heavy (non-hydrogen) atoms. The van der Waals surface area contributed by atoms with Gasteiger partial charge in [-0.2, -0.15) is 0 Å². The molecule has 2 aromatic carbocycles. The Morgan fingerprint density at radius 3 is 2.60 bits per heavy atom. The molecule has 3 rings (SSSR count). The average molecular weight is 379 g/mol. The van der Waals surface area contributed by atoms with Crippen molar-refractivity contribution in [2.45, 2.75) is 19.3 Å². The first kappa shape index (κ1) is 13.6. The Bertz CT molecular complexity index is 635. The molecule has 0 bridgehead atoms. The summed E-state index contributed by atoms with van der Waals surface area (Å²) in [6.07, 6.45) is 2.66. The van der Waals surface area contributed by atoms with Crippen molar-refractivity contribution in [2.24, 2.45) is 0 Å². The Morgan fingerprint density at radius 2 is 1.85 bits per heavy atom. The topological polar surface area (TPSA) is 26.3 Å². The van der Waals surface area contributed by atoms with Crippen LogP contribution in [0.1, 0.15) is 28.8 Å². The van der Waals surface area contributed by atoms with Crippen LogP contribution < -0.4 is 25.9 Å². The normalized spacial score (nSPS) is 13.9. The highest BCUT2D eigenvalue weighted by molar-refractivity contribution is 5.98. The number of Topliss-reactive ketones (excluding diaryl/α,β-unsaturated/α-hetero) is 1. The van der Waals surface area contributed by atoms with Crippen LogP contribution in [0.2, 0.25) is 0 Å². The van der Waals surface area contributed by atoms with Gasteiger partial charge in [0.1, 0.15) is 0 Å². The fraction of sp³-hybridized carbons (Fsp3) is 0.235. The van der Waals surface area contributed by atoms with Crippen LogP contribution in [-0.4, -0.2) is 12.9 Å². The van der Waals surface area contributed by atoms with Crippen molar-refractivity contribution in [1.29, 1.82) is 0 Å². The predicted octanol–water partition coefficient (Wildman–Crippen LogP) is 0.343. The molecule has 0 heterocycles. The van der Waals surface area contributed by atoms with Gasteiger partial charge in [0.15, 0.2) is 15.1 Å². The highest BCUT2D eigenvalue weighted by Gasteiger charge is 2.32. The van der Waals surface area contributed by atoms with Crippen LogP contribution in [0.5, 0.6) is 5.75 Å². The first-order chi connectivity index (χ1) is 9.79. The fourth-order valence-corrected chi connectivity index (χ4v) is 5.49. The van der Waals surface area contributed by atoms with Gasteiger partial charge in [0.25, 0.3) is 0 Å². The summed E-state index contributed by atoms with van der Waals surface area (Å²) in [6.45, 7) is 0. The standard InChI is InChI=1S/C17H16IO2/c1-20-15-11-10-12-6-5-9-14(19)16(12)17(15)18-13-7-3-2-4-8-13/h2-4,7-8,10-11H,5-6,9H2,1H3/q+1. The van der Waals surface area contributed by atoms with Gasteiger partial charge in [0, 0.05) is 6.42 Å². The molecule has 1 aliphatic rings. The summed E-state index contributed by atoms with van der Waals surface area (Å²) in [5.74, 6) is 1.16. The van der Waals surface area contributed by atoms with Gasteiger partial charge in [0.05, 0.1) is 12.7 Å². The molecule has 0 amide bonds. The van der Waals surface area contributed by atoms with Gasteiger partial charge in [-0.25, -0.2) is 0 Å². The maximum Gasteiger partial charge on any atom is 0.362 e. The fourth-order valence-electron chi connectivity index (χ4n) is 2.51. The van der Waals surface area contributed by atoms with Crippen LogP contribution in [-0.2, 0) is 6.42 Å². The second-order valence-electron chi connectivity index (χ2n) is 4.78. The number of ketones is 1. The minimum Gasteiger partial charge on any atom is -0.492 e. The number of benzene rings is 2. The molecule has 0 saturated carbocycles. The summed E-state index contributed by atoms with van der Waals surface area (Å²) in [6, 6.07) is 14.5. The molecule has 0 aromatic heterocycles. The molecule has 1 aliphatic carbocycles. The van der Waals surface area contributed by atoms with Crippen LogP contribution >= 0.6 is 0 Å². The van der Waals surface area contributed by atoms with Gasteiger partial charge >= 0.3 is 21.2 Å². The quantitative estimate of drug-likeness (QED) is 0.720. The number of methoxy groups -OCH3 is 1. The summed E-state index contributed by atoms with van der Waals surface area (Å²) in [4.78, 5) is 12.3. The number of hydrogen-bond donors (Lipinski definition) is 0. The minimum atomic E-state index is -0.389. The van der Waals surface area contributed by atoms with E-state index in [0.29, 0.717) is 6.42 Å². The monoisotopic (exact) mass is 379 g/mol. The van der Waals surface area contributed by atoms with Crippen LogP contribution in [0.3, 0.4) is 0 Å². The van der Waals surface area contributed by atoms with Crippen LogP contribution in [0.15, 0.2) is 42.5 Å². The Labute approximate surface area is 129 Å². The Balaban J connectivity index is 2.10. The molecule has 0 aliphatic heterocycles. The number of halogens is 1. The predicted molar refractivity (Wildman–Crippen MR) is 74.1 cm³/mol. The first-order valence-corrected chi connectivity index (χ1v) is 8.88. The van der Waals surface area contributed by atoms with Crippen molar-refractivity contribution in [1.82, 2.24) is 0 Å². The molecule has 2 aromatic rings. The number of carbonyl (C=O) groups is 1. The van der Waals surface area contributed by atoms with E-state index in [1.807, 2.05) is 12.1 Å². The number of rotatable bonds is 3. The third kappa shape index (κ3) is 2.59. The van der Waals surface area contributed by atoms with E-state index < -0.39 is 0 Å². The summed E-state index contributed by atoms with van der Waals surface area (Å²) in [5, 5.41) is 0. The number of carbonyl (C=O) groups excluding carboxylic acids is 1. The summed E-state index contributed by atoms with van der Waals surface area (Å²) in [7, 11) is 1.69. The second-order valence-corrected chi connectivity index (χ2v) is 7.65. The molecule has 0 unspecified atom stereocenters. The third-order valence-corrected chi connectivity index (χ3v) is 6.43. The molecule has 0 N–H and O–H groups in total. The Kier molecular flexibility index (Phi) is 4.05. The highest BCUT2D eigenvalue weighted by atomic mass is 127. The lowest BCUT2D eigenvalue weighted by molar-refractivity contribution is -0.598. The van der Waals surface area contributed by atoms with Crippen LogP contribution in [0.25, 0.3) is 0 Å². The second kappa shape index (κ2) is 5.95. The van der Waals surface area contributed by atoms with E-state index in [1.54, 1.807) is 7.11 Å².